The van der Waals surface area contributed by atoms with Crippen LogP contribution in [0.3, 0.4) is 0 Å². The third-order valence-corrected chi connectivity index (χ3v) is 5.48. The Morgan fingerprint density at radius 3 is 2.81 bits per heavy atom. The Kier molecular flexibility index (Phi) is 4.14. The summed E-state index contributed by atoms with van der Waals surface area (Å²) in [6, 6.07) is 6.49. The summed E-state index contributed by atoms with van der Waals surface area (Å²) in [5.74, 6) is -0.290. The molecule has 156 valence electrons. The molecule has 0 saturated carbocycles. The molecular formula is C22H20FN7O. The minimum absolute atomic E-state index is 0.0783. The standard InChI is InChI=1S/C22H20FN7O/c1-12-10-29(21-17(23)5-4-6-25-21)30(11-12)22(31)14-8-15-18(7-13(14)2)27-20(24)16-9-26-28(3)19(15)16/h4-10H,11H2,1-3H3,(H2,24,27). The number of anilines is 2. The molecule has 0 unspecified atom stereocenters. The lowest BCUT2D eigenvalue weighted by atomic mass is 10.0. The van der Waals surface area contributed by atoms with Gasteiger partial charge in [0.05, 0.1) is 29.2 Å². The number of nitrogens with two attached hydrogens (primary N) is 1. The molecule has 8 nitrogen and oxygen atoms in total. The van der Waals surface area contributed by atoms with Crippen LogP contribution >= 0.6 is 0 Å². The second-order valence-electron chi connectivity index (χ2n) is 7.70. The van der Waals surface area contributed by atoms with Crippen LogP contribution in [0.25, 0.3) is 21.8 Å². The van der Waals surface area contributed by atoms with E-state index in [2.05, 4.69) is 15.1 Å². The van der Waals surface area contributed by atoms with E-state index in [1.807, 2.05) is 33.0 Å². The van der Waals surface area contributed by atoms with Gasteiger partial charge in [-0.3, -0.25) is 9.48 Å². The summed E-state index contributed by atoms with van der Waals surface area (Å²) in [6.07, 6.45) is 4.89. The van der Waals surface area contributed by atoms with Crippen molar-refractivity contribution in [1.29, 1.82) is 0 Å². The molecule has 31 heavy (non-hydrogen) atoms. The molecule has 0 spiro atoms. The van der Waals surface area contributed by atoms with E-state index in [9.17, 15) is 9.18 Å². The largest absolute Gasteiger partial charge is 0.383 e. The minimum Gasteiger partial charge on any atom is -0.383 e. The van der Waals surface area contributed by atoms with Crippen molar-refractivity contribution in [3.8, 4) is 0 Å². The van der Waals surface area contributed by atoms with Crippen molar-refractivity contribution >= 4 is 39.3 Å². The normalized spacial score (nSPS) is 14.0. The van der Waals surface area contributed by atoms with Crippen molar-refractivity contribution in [3.63, 3.8) is 0 Å². The topological polar surface area (TPSA) is 93.2 Å². The maximum Gasteiger partial charge on any atom is 0.273 e. The first kappa shape index (κ1) is 19.0. The number of aromatic nitrogens is 4. The van der Waals surface area contributed by atoms with Crippen LogP contribution in [0.4, 0.5) is 16.0 Å². The zero-order chi connectivity index (χ0) is 21.9. The van der Waals surface area contributed by atoms with Gasteiger partial charge in [-0.1, -0.05) is 0 Å². The van der Waals surface area contributed by atoms with Gasteiger partial charge in [0, 0.05) is 30.4 Å². The van der Waals surface area contributed by atoms with Crippen molar-refractivity contribution in [3.05, 3.63) is 65.4 Å². The zero-order valence-electron chi connectivity index (χ0n) is 17.3. The Balaban J connectivity index is 1.65. The molecule has 4 aromatic rings. The highest BCUT2D eigenvalue weighted by Crippen LogP contribution is 2.31. The van der Waals surface area contributed by atoms with Crippen LogP contribution in [0.1, 0.15) is 22.8 Å². The predicted octanol–water partition coefficient (Wildman–Crippen LogP) is 3.33. The van der Waals surface area contributed by atoms with Crippen LogP contribution in [0, 0.1) is 12.7 Å². The number of aryl methyl sites for hydroxylation is 2. The molecule has 4 heterocycles. The van der Waals surface area contributed by atoms with Crippen molar-refractivity contribution in [2.75, 3.05) is 17.3 Å². The molecule has 0 radical (unpaired) electrons. The number of amides is 1. The van der Waals surface area contributed by atoms with Gasteiger partial charge in [0.15, 0.2) is 11.6 Å². The van der Waals surface area contributed by atoms with Gasteiger partial charge in [0.25, 0.3) is 5.91 Å². The molecule has 2 N–H and O–H groups in total. The average molecular weight is 417 g/mol. The molecular weight excluding hydrogens is 397 g/mol. The Hall–Kier alpha value is -4.01. The predicted molar refractivity (Wildman–Crippen MR) is 117 cm³/mol. The summed E-state index contributed by atoms with van der Waals surface area (Å²) < 4.78 is 16.1. The minimum atomic E-state index is -0.502. The number of fused-ring (bicyclic) bond motifs is 3. The van der Waals surface area contributed by atoms with Gasteiger partial charge >= 0.3 is 0 Å². The van der Waals surface area contributed by atoms with E-state index in [1.165, 1.54) is 28.3 Å². The molecule has 0 fully saturated rings. The van der Waals surface area contributed by atoms with Gasteiger partial charge < -0.3 is 5.73 Å². The van der Waals surface area contributed by atoms with Gasteiger partial charge in [-0.2, -0.15) is 5.10 Å². The Labute approximate surface area is 177 Å². The number of rotatable bonds is 2. The van der Waals surface area contributed by atoms with Crippen LogP contribution in [-0.2, 0) is 7.05 Å². The van der Waals surface area contributed by atoms with E-state index in [0.29, 0.717) is 23.4 Å². The fourth-order valence-corrected chi connectivity index (χ4v) is 4.00. The number of hydrazine groups is 1. The first-order valence-corrected chi connectivity index (χ1v) is 9.75. The number of halogens is 1. The third kappa shape index (κ3) is 2.89. The number of hydrogen-bond donors (Lipinski definition) is 1. The molecule has 1 aliphatic heterocycles. The molecule has 1 amide bonds. The SMILES string of the molecule is CC1=CN(c2ncccc2F)N(C(=O)c2cc3c(cc2C)nc(N)c2cnn(C)c23)C1. The molecule has 0 atom stereocenters. The molecule has 9 heteroatoms. The molecule has 0 bridgehead atoms. The fourth-order valence-electron chi connectivity index (χ4n) is 4.00. The summed E-state index contributed by atoms with van der Waals surface area (Å²) in [6.45, 7) is 4.08. The molecule has 1 aliphatic rings. The molecule has 0 saturated heterocycles. The summed E-state index contributed by atoms with van der Waals surface area (Å²) in [5.41, 5.74) is 9.75. The van der Waals surface area contributed by atoms with Crippen LogP contribution in [0.15, 0.2) is 48.4 Å². The molecule has 1 aromatic carbocycles. The van der Waals surface area contributed by atoms with Gasteiger partial charge in [0.2, 0.25) is 0 Å². The maximum absolute atomic E-state index is 14.4. The van der Waals surface area contributed by atoms with Crippen molar-refractivity contribution in [1.82, 2.24) is 24.8 Å². The van der Waals surface area contributed by atoms with Crippen molar-refractivity contribution in [2.45, 2.75) is 13.8 Å². The number of nitrogens with zero attached hydrogens (tertiary/aromatic N) is 6. The highest BCUT2D eigenvalue weighted by Gasteiger charge is 2.31. The lowest BCUT2D eigenvalue weighted by molar-refractivity contribution is 0.0778. The Bertz CT molecular complexity index is 1410. The highest BCUT2D eigenvalue weighted by molar-refractivity contribution is 6.10. The maximum atomic E-state index is 14.4. The number of hydrogen-bond acceptors (Lipinski definition) is 6. The zero-order valence-corrected chi connectivity index (χ0v) is 17.3. The highest BCUT2D eigenvalue weighted by atomic mass is 19.1. The lowest BCUT2D eigenvalue weighted by Crippen LogP contribution is -2.41. The molecule has 5 rings (SSSR count). The molecule has 0 aliphatic carbocycles. The van der Waals surface area contributed by atoms with Crippen molar-refractivity contribution < 1.29 is 9.18 Å². The molecule has 3 aromatic heterocycles. The number of carbonyl (C=O) groups excluding carboxylic acids is 1. The van der Waals surface area contributed by atoms with E-state index < -0.39 is 5.82 Å². The number of nitrogen functional groups attached to an aromatic ring is 1. The van der Waals surface area contributed by atoms with E-state index in [0.717, 1.165) is 27.4 Å². The van der Waals surface area contributed by atoms with Crippen LogP contribution < -0.4 is 10.7 Å². The van der Waals surface area contributed by atoms with Gasteiger partial charge in [-0.05, 0) is 49.2 Å². The lowest BCUT2D eigenvalue weighted by Gasteiger charge is -2.28. The first-order chi connectivity index (χ1) is 14.8. The smallest absolute Gasteiger partial charge is 0.273 e. The third-order valence-electron chi connectivity index (χ3n) is 5.48. The van der Waals surface area contributed by atoms with Gasteiger partial charge in [-0.15, -0.1) is 0 Å². The monoisotopic (exact) mass is 417 g/mol. The van der Waals surface area contributed by atoms with Crippen LogP contribution in [-0.4, -0.2) is 37.2 Å². The number of benzene rings is 1. The second-order valence-corrected chi connectivity index (χ2v) is 7.70. The summed E-state index contributed by atoms with van der Waals surface area (Å²) >= 11 is 0. The average Bonchev–Trinajstić information content (AvgIpc) is 3.31. The quantitative estimate of drug-likeness (QED) is 0.538. The first-order valence-electron chi connectivity index (χ1n) is 9.75. The Morgan fingerprint density at radius 1 is 1.23 bits per heavy atom. The number of pyridine rings is 2. The number of carbonyl (C=O) groups is 1. The summed E-state index contributed by atoms with van der Waals surface area (Å²) in [7, 11) is 1.82. The van der Waals surface area contributed by atoms with Crippen LogP contribution in [0.2, 0.25) is 0 Å². The second kappa shape index (κ2) is 6.76. The van der Waals surface area contributed by atoms with E-state index >= 15 is 0 Å². The van der Waals surface area contributed by atoms with Crippen molar-refractivity contribution in [2.24, 2.45) is 7.05 Å². The van der Waals surface area contributed by atoms with E-state index in [1.54, 1.807) is 17.1 Å². The van der Waals surface area contributed by atoms with E-state index in [4.69, 9.17) is 5.73 Å². The summed E-state index contributed by atoms with van der Waals surface area (Å²) in [5, 5.41) is 8.75. The fraction of sp³-hybridized carbons (Fsp3) is 0.182. The van der Waals surface area contributed by atoms with Crippen LogP contribution in [0.5, 0.6) is 0 Å². The van der Waals surface area contributed by atoms with Gasteiger partial charge in [-0.25, -0.2) is 24.4 Å². The van der Waals surface area contributed by atoms with Gasteiger partial charge in [0.1, 0.15) is 5.82 Å². The summed E-state index contributed by atoms with van der Waals surface area (Å²) in [4.78, 5) is 22.2. The Morgan fingerprint density at radius 2 is 2.03 bits per heavy atom. The van der Waals surface area contributed by atoms with E-state index in [-0.39, 0.29) is 11.7 Å².